The van der Waals surface area contributed by atoms with Gasteiger partial charge in [-0.1, -0.05) is 0 Å². The van der Waals surface area contributed by atoms with Crippen molar-refractivity contribution in [3.8, 4) is 0 Å². The second-order valence-electron chi connectivity index (χ2n) is 8.75. The third kappa shape index (κ3) is 5.63. The van der Waals surface area contributed by atoms with Crippen LogP contribution in [0.25, 0.3) is 10.9 Å². The molecule has 34 heavy (non-hydrogen) atoms. The van der Waals surface area contributed by atoms with E-state index in [0.717, 1.165) is 25.9 Å². The number of hydrogen-bond acceptors (Lipinski definition) is 7. The van der Waals surface area contributed by atoms with Crippen molar-refractivity contribution in [2.24, 2.45) is 0 Å². The molecule has 4 rings (SSSR count). The summed E-state index contributed by atoms with van der Waals surface area (Å²) in [5.74, 6) is -0.582. The minimum absolute atomic E-state index is 0.0867. The molecule has 10 heteroatoms. The average Bonchev–Trinajstić information content (AvgIpc) is 2.84. The lowest BCUT2D eigenvalue weighted by molar-refractivity contribution is -0.133. The summed E-state index contributed by atoms with van der Waals surface area (Å²) >= 11 is 0. The number of benzene rings is 1. The number of piperazine rings is 1. The maximum Gasteiger partial charge on any atom is 0.336 e. The first-order chi connectivity index (χ1) is 16.4. The molecule has 182 valence electrons. The van der Waals surface area contributed by atoms with Crippen molar-refractivity contribution in [2.75, 3.05) is 69.7 Å². The first-order valence-corrected chi connectivity index (χ1v) is 11.7. The van der Waals surface area contributed by atoms with Crippen LogP contribution in [0.5, 0.6) is 0 Å². The summed E-state index contributed by atoms with van der Waals surface area (Å²) in [7, 11) is 1.43. The zero-order chi connectivity index (χ0) is 24.1. The Morgan fingerprint density at radius 2 is 1.76 bits per heavy atom. The van der Waals surface area contributed by atoms with E-state index in [9.17, 15) is 19.5 Å². The van der Waals surface area contributed by atoms with E-state index in [1.807, 2.05) is 4.90 Å². The Morgan fingerprint density at radius 1 is 1.03 bits per heavy atom. The van der Waals surface area contributed by atoms with E-state index < -0.39 is 5.97 Å². The fourth-order valence-electron chi connectivity index (χ4n) is 4.53. The Bertz CT molecular complexity index is 1060. The lowest BCUT2D eigenvalue weighted by Crippen LogP contribution is -2.51. The fraction of sp³-hybridized carbons (Fsp3) is 0.500. The van der Waals surface area contributed by atoms with Crippen LogP contribution in [0.3, 0.4) is 0 Å². The summed E-state index contributed by atoms with van der Waals surface area (Å²) in [5, 5.41) is 13.0. The number of carbonyl (C=O) groups is 3. The van der Waals surface area contributed by atoms with E-state index in [1.54, 1.807) is 24.3 Å². The fourth-order valence-corrected chi connectivity index (χ4v) is 4.53. The van der Waals surface area contributed by atoms with Gasteiger partial charge in [-0.15, -0.1) is 0 Å². The quantitative estimate of drug-likeness (QED) is 0.629. The number of piperidine rings is 1. The molecule has 0 spiro atoms. The summed E-state index contributed by atoms with van der Waals surface area (Å²) in [5.41, 5.74) is 1.16. The average molecular weight is 470 g/mol. The summed E-state index contributed by atoms with van der Waals surface area (Å²) in [6.45, 7) is 4.81. The van der Waals surface area contributed by atoms with Gasteiger partial charge in [0.2, 0.25) is 11.8 Å². The molecule has 2 N–H and O–H groups in total. The number of aromatic nitrogens is 1. The summed E-state index contributed by atoms with van der Waals surface area (Å²) in [4.78, 5) is 47.3. The molecule has 1 aromatic heterocycles. The van der Waals surface area contributed by atoms with Crippen LogP contribution in [0.1, 0.15) is 29.6 Å². The molecule has 0 unspecified atom stereocenters. The Balaban J connectivity index is 1.45. The number of nitrogens with one attached hydrogen (secondary N) is 1. The Hall–Kier alpha value is -3.24. The van der Waals surface area contributed by atoms with Crippen molar-refractivity contribution in [3.63, 3.8) is 0 Å². The van der Waals surface area contributed by atoms with Crippen molar-refractivity contribution in [3.05, 3.63) is 29.8 Å². The predicted molar refractivity (Wildman–Crippen MR) is 128 cm³/mol. The number of carboxylic acids is 1. The van der Waals surface area contributed by atoms with E-state index in [2.05, 4.69) is 20.1 Å². The predicted octanol–water partition coefficient (Wildman–Crippen LogP) is 1.65. The SMILES string of the molecule is COCC(=O)Nc1ccc2nc(N3CCN(CC(=O)N4CCCCC4)CC3)cc(C(=O)O)c2c1. The van der Waals surface area contributed by atoms with Gasteiger partial charge >= 0.3 is 5.97 Å². The van der Waals surface area contributed by atoms with Crippen LogP contribution in [-0.2, 0) is 14.3 Å². The van der Waals surface area contributed by atoms with Crippen molar-refractivity contribution in [1.29, 1.82) is 0 Å². The van der Waals surface area contributed by atoms with Gasteiger partial charge in [-0.25, -0.2) is 9.78 Å². The van der Waals surface area contributed by atoms with Crippen LogP contribution in [0.4, 0.5) is 11.5 Å². The molecular formula is C24H31N5O5. The number of fused-ring (bicyclic) bond motifs is 1. The van der Waals surface area contributed by atoms with E-state index >= 15 is 0 Å². The minimum atomic E-state index is -1.06. The van der Waals surface area contributed by atoms with Gasteiger partial charge in [0.05, 0.1) is 17.6 Å². The number of likely N-dealkylation sites (tertiary alicyclic amines) is 1. The van der Waals surface area contributed by atoms with Crippen LogP contribution in [0.15, 0.2) is 24.3 Å². The molecule has 0 radical (unpaired) electrons. The number of rotatable bonds is 7. The van der Waals surface area contributed by atoms with Crippen molar-refractivity contribution in [1.82, 2.24) is 14.8 Å². The largest absolute Gasteiger partial charge is 0.478 e. The molecular weight excluding hydrogens is 438 g/mol. The zero-order valence-corrected chi connectivity index (χ0v) is 19.5. The second-order valence-corrected chi connectivity index (χ2v) is 8.75. The molecule has 0 atom stereocenters. The van der Waals surface area contributed by atoms with Gasteiger partial charge in [0.15, 0.2) is 0 Å². The van der Waals surface area contributed by atoms with Gasteiger partial charge in [-0.05, 0) is 43.5 Å². The van der Waals surface area contributed by atoms with Crippen molar-refractivity contribution < 1.29 is 24.2 Å². The van der Waals surface area contributed by atoms with E-state index in [-0.39, 0.29) is 24.0 Å². The van der Waals surface area contributed by atoms with Gasteiger partial charge in [-0.3, -0.25) is 14.5 Å². The van der Waals surface area contributed by atoms with Gasteiger partial charge in [0.25, 0.3) is 0 Å². The molecule has 0 aliphatic carbocycles. The second kappa shape index (κ2) is 10.8. The third-order valence-electron chi connectivity index (χ3n) is 6.35. The molecule has 3 heterocycles. The van der Waals surface area contributed by atoms with E-state index in [4.69, 9.17) is 4.74 Å². The smallest absolute Gasteiger partial charge is 0.336 e. The highest BCUT2D eigenvalue weighted by Crippen LogP contribution is 2.27. The Morgan fingerprint density at radius 3 is 2.44 bits per heavy atom. The maximum atomic E-state index is 12.6. The van der Waals surface area contributed by atoms with Crippen LogP contribution in [-0.4, -0.2) is 97.2 Å². The molecule has 2 aliphatic heterocycles. The lowest BCUT2D eigenvalue weighted by Gasteiger charge is -2.36. The monoisotopic (exact) mass is 469 g/mol. The number of carbonyl (C=O) groups excluding carboxylic acids is 2. The molecule has 2 amide bonds. The van der Waals surface area contributed by atoms with Crippen LogP contribution in [0.2, 0.25) is 0 Å². The maximum absolute atomic E-state index is 12.6. The van der Waals surface area contributed by atoms with Gasteiger partial charge in [-0.2, -0.15) is 0 Å². The molecule has 1 aromatic carbocycles. The van der Waals surface area contributed by atoms with E-state index in [0.29, 0.717) is 55.1 Å². The number of ether oxygens (including phenoxy) is 1. The summed E-state index contributed by atoms with van der Waals surface area (Å²) in [6, 6.07) is 6.61. The molecule has 2 aliphatic rings. The van der Waals surface area contributed by atoms with Crippen molar-refractivity contribution >= 4 is 40.2 Å². The first-order valence-electron chi connectivity index (χ1n) is 11.7. The topological polar surface area (TPSA) is 115 Å². The molecule has 2 aromatic rings. The number of amides is 2. The normalized spacial score (nSPS) is 17.1. The number of hydrogen-bond donors (Lipinski definition) is 2. The van der Waals surface area contributed by atoms with Gasteiger partial charge in [0, 0.05) is 57.5 Å². The standard InChI is InChI=1S/C24H31N5O5/c1-34-16-22(30)25-17-5-6-20-18(13-17)19(24(32)33)14-21(26-20)28-11-9-27(10-12-28)15-23(31)29-7-3-2-4-8-29/h5-6,13-14H,2-4,7-12,15-16H2,1H3,(H,25,30)(H,32,33). The summed E-state index contributed by atoms with van der Waals surface area (Å²) in [6.07, 6.45) is 3.36. The number of carboxylic acid groups (broad SMARTS) is 1. The molecule has 10 nitrogen and oxygen atoms in total. The highest BCUT2D eigenvalue weighted by Gasteiger charge is 2.24. The molecule has 2 saturated heterocycles. The van der Waals surface area contributed by atoms with E-state index in [1.165, 1.54) is 13.5 Å². The number of nitrogens with zero attached hydrogens (tertiary/aromatic N) is 4. The highest BCUT2D eigenvalue weighted by atomic mass is 16.5. The third-order valence-corrected chi connectivity index (χ3v) is 6.35. The number of aromatic carboxylic acids is 1. The Labute approximate surface area is 198 Å². The highest BCUT2D eigenvalue weighted by molar-refractivity contribution is 6.05. The Kier molecular flexibility index (Phi) is 7.59. The first kappa shape index (κ1) is 23.9. The zero-order valence-electron chi connectivity index (χ0n) is 19.5. The van der Waals surface area contributed by atoms with Crippen LogP contribution < -0.4 is 10.2 Å². The molecule has 2 fully saturated rings. The number of pyridine rings is 1. The van der Waals surface area contributed by atoms with Gasteiger partial charge in [0.1, 0.15) is 12.4 Å². The lowest BCUT2D eigenvalue weighted by atomic mass is 10.1. The van der Waals surface area contributed by atoms with Crippen LogP contribution >= 0.6 is 0 Å². The van der Waals surface area contributed by atoms with Crippen LogP contribution in [0, 0.1) is 0 Å². The van der Waals surface area contributed by atoms with Crippen molar-refractivity contribution in [2.45, 2.75) is 19.3 Å². The molecule has 0 bridgehead atoms. The number of methoxy groups -OCH3 is 1. The number of anilines is 2. The molecule has 0 saturated carbocycles. The minimum Gasteiger partial charge on any atom is -0.478 e. The van der Waals surface area contributed by atoms with Gasteiger partial charge < -0.3 is 25.0 Å². The summed E-state index contributed by atoms with van der Waals surface area (Å²) < 4.78 is 4.82.